The fourth-order valence-electron chi connectivity index (χ4n) is 2.47. The number of aliphatic hydroxyl groups is 1. The summed E-state index contributed by atoms with van der Waals surface area (Å²) in [5, 5.41) is 12.3. The molecule has 5 nitrogen and oxygen atoms in total. The van der Waals surface area contributed by atoms with Crippen LogP contribution in [0.4, 0.5) is 5.69 Å². The summed E-state index contributed by atoms with van der Waals surface area (Å²) in [6.07, 6.45) is 0. The summed E-state index contributed by atoms with van der Waals surface area (Å²) in [6.45, 7) is 0. The first-order chi connectivity index (χ1) is 12.1. The number of hydrogen-bond acceptors (Lipinski definition) is 5. The van der Waals surface area contributed by atoms with Crippen LogP contribution in [-0.2, 0) is 14.8 Å². The molecule has 0 aromatic heterocycles. The van der Waals surface area contributed by atoms with Gasteiger partial charge in [0.2, 0.25) is 0 Å². The zero-order valence-corrected chi connectivity index (χ0v) is 19.4. The Labute approximate surface area is 186 Å². The minimum atomic E-state index is -4.03. The average Bonchev–Trinajstić information content (AvgIpc) is 2.86. The van der Waals surface area contributed by atoms with E-state index in [1.54, 1.807) is 42.3 Å². The lowest BCUT2D eigenvalue weighted by Gasteiger charge is -2.31. The first-order valence-corrected chi connectivity index (χ1v) is 11.3. The van der Waals surface area contributed by atoms with E-state index < -0.39 is 14.8 Å². The zero-order chi connectivity index (χ0) is 19.1. The van der Waals surface area contributed by atoms with Gasteiger partial charge in [0.25, 0.3) is 9.05 Å². The summed E-state index contributed by atoms with van der Waals surface area (Å²) in [5.41, 5.74) is -0.401. The van der Waals surface area contributed by atoms with Gasteiger partial charge in [-0.1, -0.05) is 41.0 Å². The summed E-state index contributed by atoms with van der Waals surface area (Å²) in [6, 6.07) is 11.2. The smallest absolute Gasteiger partial charge is 0.262 e. The summed E-state index contributed by atoms with van der Waals surface area (Å²) < 4.78 is 23.4. The summed E-state index contributed by atoms with van der Waals surface area (Å²) in [4.78, 5) is 5.85. The summed E-state index contributed by atoms with van der Waals surface area (Å²) in [7, 11) is 3.07. The SMILES string of the molecule is Br.CN1C(=Nc2ccc(Cl)cc2)SCC1(O)c1ccc(Cl)c(S(=O)(=O)Cl)c1. The van der Waals surface area contributed by atoms with E-state index in [9.17, 15) is 13.5 Å². The number of amidine groups is 1. The van der Waals surface area contributed by atoms with E-state index in [0.717, 1.165) is 0 Å². The maximum Gasteiger partial charge on any atom is 0.262 e. The van der Waals surface area contributed by atoms with Crippen LogP contribution in [0.2, 0.25) is 10.0 Å². The molecule has 2 aromatic rings. The molecule has 1 aliphatic rings. The Hall–Kier alpha value is -0.480. The van der Waals surface area contributed by atoms with Crippen molar-refractivity contribution in [2.24, 2.45) is 4.99 Å². The fraction of sp³-hybridized carbons (Fsp3) is 0.188. The van der Waals surface area contributed by atoms with Crippen molar-refractivity contribution in [3.63, 3.8) is 0 Å². The molecule has 146 valence electrons. The van der Waals surface area contributed by atoms with Gasteiger partial charge < -0.3 is 10.0 Å². The predicted molar refractivity (Wildman–Crippen MR) is 117 cm³/mol. The monoisotopic (exact) mass is 530 g/mol. The minimum Gasteiger partial charge on any atom is -0.366 e. The van der Waals surface area contributed by atoms with Crippen molar-refractivity contribution in [1.82, 2.24) is 4.90 Å². The number of thioether (sulfide) groups is 1. The van der Waals surface area contributed by atoms with E-state index in [0.29, 0.717) is 21.4 Å². The first-order valence-electron chi connectivity index (χ1n) is 7.29. The van der Waals surface area contributed by atoms with E-state index in [1.807, 2.05) is 0 Å². The van der Waals surface area contributed by atoms with Gasteiger partial charge in [-0.3, -0.25) is 0 Å². The molecule has 1 fully saturated rings. The van der Waals surface area contributed by atoms with Crippen LogP contribution in [0.15, 0.2) is 52.4 Å². The lowest BCUT2D eigenvalue weighted by Crippen LogP contribution is -2.42. The highest BCUT2D eigenvalue weighted by molar-refractivity contribution is 8.93. The number of aliphatic imine (C=N–C) groups is 1. The van der Waals surface area contributed by atoms with Crippen molar-refractivity contribution < 1.29 is 13.5 Å². The van der Waals surface area contributed by atoms with Crippen molar-refractivity contribution in [2.75, 3.05) is 12.8 Å². The third-order valence-electron chi connectivity index (χ3n) is 3.95. The molecule has 0 amide bonds. The van der Waals surface area contributed by atoms with Crippen molar-refractivity contribution in [3.8, 4) is 0 Å². The second kappa shape index (κ2) is 8.49. The highest BCUT2D eigenvalue weighted by atomic mass is 79.9. The van der Waals surface area contributed by atoms with Gasteiger partial charge in [-0.25, -0.2) is 13.4 Å². The Morgan fingerprint density at radius 3 is 2.41 bits per heavy atom. The molecule has 0 radical (unpaired) electrons. The third-order valence-corrected chi connectivity index (χ3v) is 7.18. The maximum atomic E-state index is 11.7. The Kier molecular flexibility index (Phi) is 7.17. The van der Waals surface area contributed by atoms with Crippen LogP contribution in [0.3, 0.4) is 0 Å². The number of benzene rings is 2. The molecule has 0 spiro atoms. The molecule has 2 aromatic carbocycles. The van der Waals surface area contributed by atoms with E-state index in [-0.39, 0.29) is 32.7 Å². The second-order valence-corrected chi connectivity index (χ2v) is 9.94. The van der Waals surface area contributed by atoms with Crippen LogP contribution < -0.4 is 0 Å². The van der Waals surface area contributed by atoms with Crippen molar-refractivity contribution in [1.29, 1.82) is 0 Å². The molecule has 0 saturated carbocycles. The quantitative estimate of drug-likeness (QED) is 0.563. The fourth-order valence-corrected chi connectivity index (χ4v) is 5.29. The van der Waals surface area contributed by atoms with Gasteiger partial charge in [0.15, 0.2) is 10.9 Å². The summed E-state index contributed by atoms with van der Waals surface area (Å²) >= 11 is 13.1. The summed E-state index contributed by atoms with van der Waals surface area (Å²) in [5.74, 6) is 0.263. The molecule has 0 bridgehead atoms. The zero-order valence-electron chi connectivity index (χ0n) is 13.8. The lowest BCUT2D eigenvalue weighted by atomic mass is 10.0. The molecule has 1 saturated heterocycles. The number of nitrogens with zero attached hydrogens (tertiary/aromatic N) is 2. The van der Waals surface area contributed by atoms with Gasteiger partial charge in [0.05, 0.1) is 16.5 Å². The molecule has 1 aliphatic heterocycles. The van der Waals surface area contributed by atoms with E-state index in [4.69, 9.17) is 33.9 Å². The molecule has 1 N–H and O–H groups in total. The molecule has 1 unspecified atom stereocenters. The van der Waals surface area contributed by atoms with Gasteiger partial charge in [-0.2, -0.15) is 0 Å². The Morgan fingerprint density at radius 2 is 1.81 bits per heavy atom. The molecule has 0 aliphatic carbocycles. The van der Waals surface area contributed by atoms with Crippen LogP contribution in [0, 0.1) is 0 Å². The van der Waals surface area contributed by atoms with E-state index in [2.05, 4.69) is 4.99 Å². The first kappa shape index (κ1) is 22.8. The second-order valence-electron chi connectivity index (χ2n) is 5.62. The highest BCUT2D eigenvalue weighted by Gasteiger charge is 2.43. The molecule has 1 atom stereocenters. The van der Waals surface area contributed by atoms with Gasteiger partial charge >= 0.3 is 0 Å². The maximum absolute atomic E-state index is 11.7. The number of rotatable bonds is 3. The van der Waals surface area contributed by atoms with E-state index in [1.165, 1.54) is 23.9 Å². The molecule has 27 heavy (non-hydrogen) atoms. The van der Waals surface area contributed by atoms with Gasteiger partial charge in [0, 0.05) is 28.3 Å². The van der Waals surface area contributed by atoms with Crippen LogP contribution in [-0.4, -0.2) is 36.4 Å². The highest BCUT2D eigenvalue weighted by Crippen LogP contribution is 2.40. The van der Waals surface area contributed by atoms with E-state index >= 15 is 0 Å². The molecule has 1 heterocycles. The molecule has 3 rings (SSSR count). The Balaban J connectivity index is 0.00000261. The van der Waals surface area contributed by atoms with Crippen molar-refractivity contribution in [3.05, 3.63) is 58.1 Å². The van der Waals surface area contributed by atoms with Crippen molar-refractivity contribution >= 4 is 82.5 Å². The van der Waals surface area contributed by atoms with Gasteiger partial charge in [-0.15, -0.1) is 17.0 Å². The van der Waals surface area contributed by atoms with Crippen LogP contribution >= 0.6 is 62.6 Å². The molecular weight excluding hydrogens is 519 g/mol. The average molecular weight is 533 g/mol. The largest absolute Gasteiger partial charge is 0.366 e. The van der Waals surface area contributed by atoms with Crippen LogP contribution in [0.1, 0.15) is 5.56 Å². The Morgan fingerprint density at radius 1 is 1.19 bits per heavy atom. The predicted octanol–water partition coefficient (Wildman–Crippen LogP) is 5.01. The third kappa shape index (κ3) is 4.75. The van der Waals surface area contributed by atoms with Crippen LogP contribution in [0.5, 0.6) is 0 Å². The van der Waals surface area contributed by atoms with Gasteiger partial charge in [0.1, 0.15) is 4.90 Å². The minimum absolute atomic E-state index is 0. The van der Waals surface area contributed by atoms with Crippen molar-refractivity contribution in [2.45, 2.75) is 10.6 Å². The molecule has 11 heteroatoms. The molecular formula is C16H14BrCl3N2O3S2. The van der Waals surface area contributed by atoms with Gasteiger partial charge in [-0.05, 0) is 36.4 Å². The number of hydrogen-bond donors (Lipinski definition) is 1. The topological polar surface area (TPSA) is 70.0 Å². The normalized spacial score (nSPS) is 21.4. The standard InChI is InChI=1S/C16H13Cl3N2O3S2.BrH/c1-21-15(20-12-5-3-11(17)4-6-12)25-9-16(21,22)10-2-7-13(18)14(8-10)26(19,23)24;/h2-8,22H,9H2,1H3;1H. The van der Waals surface area contributed by atoms with Crippen LogP contribution in [0.25, 0.3) is 0 Å². The Bertz CT molecular complexity index is 987. The number of halogens is 4. The lowest BCUT2D eigenvalue weighted by molar-refractivity contribution is -0.0349.